The number of aromatic nitrogens is 4. The van der Waals surface area contributed by atoms with Crippen molar-refractivity contribution in [2.24, 2.45) is 10.8 Å². The molecule has 8 nitrogen and oxygen atoms in total. The van der Waals surface area contributed by atoms with Crippen LogP contribution in [-0.4, -0.2) is 45.1 Å². The number of halogens is 1. The van der Waals surface area contributed by atoms with Crippen molar-refractivity contribution >= 4 is 23.5 Å². The Morgan fingerprint density at radius 3 is 1.83 bits per heavy atom. The maximum absolute atomic E-state index is 13.1. The van der Waals surface area contributed by atoms with Crippen LogP contribution < -0.4 is 9.80 Å². The van der Waals surface area contributed by atoms with E-state index in [0.717, 1.165) is 18.4 Å². The Morgan fingerprint density at radius 1 is 0.638 bits per heavy atom. The molecule has 6 rings (SSSR count). The molecule has 2 aliphatic rings. The Morgan fingerprint density at radius 2 is 1.26 bits per heavy atom. The molecule has 4 heterocycles. The second-order valence-electron chi connectivity index (χ2n) is 13.2. The number of nitrogens with zero attached hydrogens (tertiary/aromatic N) is 6. The number of benzene rings is 2. The number of carbonyl (C=O) groups is 2. The molecule has 2 aliphatic heterocycles. The fourth-order valence-electron chi connectivity index (χ4n) is 5.17. The molecule has 2 saturated heterocycles. The molecule has 2 amide bonds. The predicted octanol–water partition coefficient (Wildman–Crippen LogP) is 6.20. The first kappa shape index (κ1) is 33.0. The number of carbonyl (C=O) groups excluding carboxylic acids is 2. The van der Waals surface area contributed by atoms with Crippen LogP contribution in [-0.2, 0) is 9.59 Å². The Bertz CT molecular complexity index is 1850. The van der Waals surface area contributed by atoms with Crippen LogP contribution in [0.15, 0.2) is 79.1 Å². The van der Waals surface area contributed by atoms with E-state index in [9.17, 15) is 14.0 Å². The van der Waals surface area contributed by atoms with Crippen LogP contribution >= 0.6 is 0 Å². The lowest BCUT2D eigenvalue weighted by Crippen LogP contribution is -2.42. The van der Waals surface area contributed by atoms with Crippen molar-refractivity contribution in [1.29, 1.82) is 0 Å². The van der Waals surface area contributed by atoms with Gasteiger partial charge >= 0.3 is 0 Å². The predicted molar refractivity (Wildman–Crippen MR) is 180 cm³/mol. The van der Waals surface area contributed by atoms with E-state index in [-0.39, 0.29) is 28.5 Å². The number of hydrogen-bond donors (Lipinski definition) is 0. The van der Waals surface area contributed by atoms with E-state index >= 15 is 0 Å². The standard InChI is InChI=1S/C19H18FN3O.C19H19N3O/c1-19(2)8-9-23(18(24)11-19)17-13-21-16(12-22-17)7-6-14-4-3-5-15(20)10-14;1-19(2)12-13-22(18(23)14-19)17-11-10-16(20-21-17)9-8-15-6-4-3-5-7-15/h3-5,10,12-13H,8-9,11H2,1-2H3;3-7,10-11H,12-14H2,1-2H3. The topological polar surface area (TPSA) is 92.2 Å². The van der Waals surface area contributed by atoms with E-state index in [1.165, 1.54) is 18.3 Å². The molecule has 0 spiro atoms. The third kappa shape index (κ3) is 9.31. The van der Waals surface area contributed by atoms with E-state index in [1.54, 1.807) is 28.1 Å². The van der Waals surface area contributed by atoms with Crippen LogP contribution in [0, 0.1) is 40.3 Å². The lowest BCUT2D eigenvalue weighted by atomic mass is 9.82. The van der Waals surface area contributed by atoms with Gasteiger partial charge in [0.25, 0.3) is 0 Å². The van der Waals surface area contributed by atoms with Gasteiger partial charge in [-0.05, 0) is 78.0 Å². The minimum atomic E-state index is -0.324. The number of hydrogen-bond acceptors (Lipinski definition) is 6. The largest absolute Gasteiger partial charge is 0.296 e. The Labute approximate surface area is 275 Å². The molecule has 0 bridgehead atoms. The van der Waals surface area contributed by atoms with Gasteiger partial charge in [0.05, 0.1) is 12.4 Å². The van der Waals surface area contributed by atoms with Crippen LogP contribution in [0.4, 0.5) is 16.0 Å². The minimum absolute atomic E-state index is 0.0391. The first-order chi connectivity index (χ1) is 22.5. The quantitative estimate of drug-likeness (QED) is 0.246. The molecule has 9 heteroatoms. The highest BCUT2D eigenvalue weighted by Crippen LogP contribution is 2.33. The van der Waals surface area contributed by atoms with Gasteiger partial charge in [0, 0.05) is 37.1 Å². The van der Waals surface area contributed by atoms with Gasteiger partial charge < -0.3 is 0 Å². The number of anilines is 2. The highest BCUT2D eigenvalue weighted by atomic mass is 19.1. The fourth-order valence-corrected chi connectivity index (χ4v) is 5.17. The van der Waals surface area contributed by atoms with Crippen LogP contribution in [0.3, 0.4) is 0 Å². The zero-order valence-corrected chi connectivity index (χ0v) is 27.1. The molecule has 0 N–H and O–H groups in total. The van der Waals surface area contributed by atoms with Crippen molar-refractivity contribution in [3.05, 3.63) is 107 Å². The van der Waals surface area contributed by atoms with Gasteiger partial charge in [-0.15, -0.1) is 10.2 Å². The summed E-state index contributed by atoms with van der Waals surface area (Å²) in [4.78, 5) is 36.4. The summed E-state index contributed by atoms with van der Waals surface area (Å²) in [7, 11) is 0. The average Bonchev–Trinajstić information content (AvgIpc) is 3.04. The third-order valence-corrected chi connectivity index (χ3v) is 8.00. The number of rotatable bonds is 2. The van der Waals surface area contributed by atoms with Gasteiger partial charge in [0.1, 0.15) is 17.2 Å². The molecule has 0 aliphatic carbocycles. The van der Waals surface area contributed by atoms with Crippen LogP contribution in [0.1, 0.15) is 75.9 Å². The zero-order valence-electron chi connectivity index (χ0n) is 27.1. The fraction of sp³-hybridized carbons (Fsp3) is 0.316. The maximum Gasteiger partial charge on any atom is 0.228 e. The van der Waals surface area contributed by atoms with E-state index in [4.69, 9.17) is 0 Å². The first-order valence-electron chi connectivity index (χ1n) is 15.6. The second kappa shape index (κ2) is 14.3. The average molecular weight is 629 g/mol. The molecule has 238 valence electrons. The summed E-state index contributed by atoms with van der Waals surface area (Å²) in [6.45, 7) is 9.77. The van der Waals surface area contributed by atoms with Gasteiger partial charge in [-0.1, -0.05) is 63.8 Å². The van der Waals surface area contributed by atoms with E-state index in [0.29, 0.717) is 54.5 Å². The summed E-state index contributed by atoms with van der Waals surface area (Å²) >= 11 is 0. The first-order valence-corrected chi connectivity index (χ1v) is 15.6. The van der Waals surface area contributed by atoms with Crippen molar-refractivity contribution in [1.82, 2.24) is 20.2 Å². The summed E-state index contributed by atoms with van der Waals surface area (Å²) in [5.74, 6) is 12.7. The molecule has 2 fully saturated rings. The van der Waals surface area contributed by atoms with E-state index in [1.807, 2.05) is 42.5 Å². The van der Waals surface area contributed by atoms with Crippen LogP contribution in [0.25, 0.3) is 0 Å². The van der Waals surface area contributed by atoms with Crippen molar-refractivity contribution < 1.29 is 14.0 Å². The lowest BCUT2D eigenvalue weighted by Gasteiger charge is -2.35. The van der Waals surface area contributed by atoms with Gasteiger partial charge in [-0.3, -0.25) is 19.4 Å². The monoisotopic (exact) mass is 628 g/mol. The molecule has 0 unspecified atom stereocenters. The van der Waals surface area contributed by atoms with Crippen LogP contribution in [0.2, 0.25) is 0 Å². The third-order valence-electron chi connectivity index (χ3n) is 8.00. The molecule has 2 aromatic carbocycles. The SMILES string of the molecule is CC1(C)CCN(c2ccc(C#Cc3ccccc3)nn2)C(=O)C1.CC1(C)CCN(c2cnc(C#Cc3cccc(F)c3)cn2)C(=O)C1. The molecule has 2 aromatic heterocycles. The normalized spacial score (nSPS) is 16.5. The molecule has 0 atom stereocenters. The highest BCUT2D eigenvalue weighted by Gasteiger charge is 2.33. The summed E-state index contributed by atoms with van der Waals surface area (Å²) in [5, 5.41) is 8.29. The highest BCUT2D eigenvalue weighted by molar-refractivity contribution is 5.94. The van der Waals surface area contributed by atoms with Crippen LogP contribution in [0.5, 0.6) is 0 Å². The Hall–Kier alpha value is -5.41. The van der Waals surface area contributed by atoms with Crippen molar-refractivity contribution in [2.75, 3.05) is 22.9 Å². The van der Waals surface area contributed by atoms with Crippen molar-refractivity contribution in [3.8, 4) is 23.7 Å². The number of amides is 2. The molecular formula is C38H37FN6O2. The minimum Gasteiger partial charge on any atom is -0.296 e. The summed E-state index contributed by atoms with van der Waals surface area (Å²) in [6.07, 6.45) is 6.05. The lowest BCUT2D eigenvalue weighted by molar-refractivity contribution is -0.123. The molecule has 0 saturated carbocycles. The number of piperidine rings is 2. The summed E-state index contributed by atoms with van der Waals surface area (Å²) in [5.41, 5.74) is 2.70. The smallest absolute Gasteiger partial charge is 0.228 e. The van der Waals surface area contributed by atoms with Gasteiger partial charge in [0.2, 0.25) is 11.8 Å². The summed E-state index contributed by atoms with van der Waals surface area (Å²) < 4.78 is 13.1. The molecule has 4 aromatic rings. The molecule has 0 radical (unpaired) electrons. The van der Waals surface area contributed by atoms with E-state index in [2.05, 4.69) is 71.5 Å². The maximum atomic E-state index is 13.1. The Balaban J connectivity index is 0.000000185. The zero-order chi connectivity index (χ0) is 33.4. The van der Waals surface area contributed by atoms with Gasteiger partial charge in [0.15, 0.2) is 11.6 Å². The van der Waals surface area contributed by atoms with Crippen molar-refractivity contribution in [3.63, 3.8) is 0 Å². The van der Waals surface area contributed by atoms with E-state index < -0.39 is 0 Å². The van der Waals surface area contributed by atoms with Gasteiger partial charge in [-0.25, -0.2) is 14.4 Å². The summed E-state index contributed by atoms with van der Waals surface area (Å²) in [6, 6.07) is 19.4. The Kier molecular flexibility index (Phi) is 10.1. The second-order valence-corrected chi connectivity index (χ2v) is 13.2. The van der Waals surface area contributed by atoms with Crippen molar-refractivity contribution in [2.45, 2.75) is 53.4 Å². The molecule has 47 heavy (non-hydrogen) atoms. The van der Waals surface area contributed by atoms with Gasteiger partial charge in [-0.2, -0.15) is 0 Å². The molecular weight excluding hydrogens is 591 g/mol.